The van der Waals surface area contributed by atoms with Crippen LogP contribution in [-0.4, -0.2) is 13.1 Å². The summed E-state index contributed by atoms with van der Waals surface area (Å²) >= 11 is 0. The van der Waals surface area contributed by atoms with E-state index in [0.29, 0.717) is 11.3 Å². The Morgan fingerprint density at radius 2 is 1.61 bits per heavy atom. The first-order valence-corrected chi connectivity index (χ1v) is 5.45. The predicted molar refractivity (Wildman–Crippen MR) is 68.4 cm³/mol. The molecule has 0 aliphatic rings. The second-order valence-electron chi connectivity index (χ2n) is 3.54. The first-order valence-electron chi connectivity index (χ1n) is 5.45. The summed E-state index contributed by atoms with van der Waals surface area (Å²) < 4.78 is 4.69. The Morgan fingerprint density at radius 1 is 0.944 bits per heavy atom. The molecule has 0 aromatic heterocycles. The number of rotatable bonds is 3. The maximum atomic E-state index is 11.5. The van der Waals surface area contributed by atoms with Crippen molar-refractivity contribution >= 4 is 17.3 Å². The van der Waals surface area contributed by atoms with E-state index in [9.17, 15) is 4.79 Å². The number of esters is 1. The van der Waals surface area contributed by atoms with Crippen molar-refractivity contribution in [3.8, 4) is 0 Å². The van der Waals surface area contributed by atoms with E-state index >= 15 is 0 Å². The zero-order chi connectivity index (χ0) is 12.8. The van der Waals surface area contributed by atoms with Crippen LogP contribution in [0, 0.1) is 0 Å². The number of hydrogen-bond donors (Lipinski definition) is 0. The van der Waals surface area contributed by atoms with Crippen molar-refractivity contribution in [3.63, 3.8) is 0 Å². The first-order chi connectivity index (χ1) is 8.81. The van der Waals surface area contributed by atoms with Gasteiger partial charge in [0.05, 0.1) is 18.4 Å². The summed E-state index contributed by atoms with van der Waals surface area (Å²) in [6.07, 6.45) is 0. The van der Waals surface area contributed by atoms with Crippen molar-refractivity contribution in [1.82, 2.24) is 0 Å². The Labute approximate surface area is 105 Å². The van der Waals surface area contributed by atoms with Crippen LogP contribution in [0.1, 0.15) is 10.4 Å². The largest absolute Gasteiger partial charge is 0.465 e. The highest BCUT2D eigenvalue weighted by Crippen LogP contribution is 2.22. The van der Waals surface area contributed by atoms with Crippen LogP contribution in [0.4, 0.5) is 11.4 Å². The molecule has 0 fully saturated rings. The molecule has 0 amide bonds. The highest BCUT2D eigenvalue weighted by molar-refractivity contribution is 5.94. The quantitative estimate of drug-likeness (QED) is 0.603. The molecular weight excluding hydrogens is 228 g/mol. The molecule has 0 aliphatic heterocycles. The maximum Gasteiger partial charge on any atom is 0.340 e. The van der Waals surface area contributed by atoms with Gasteiger partial charge >= 0.3 is 5.97 Å². The second kappa shape index (κ2) is 5.72. The molecule has 4 heteroatoms. The summed E-state index contributed by atoms with van der Waals surface area (Å²) in [4.78, 5) is 11.5. The lowest BCUT2D eigenvalue weighted by Crippen LogP contribution is -2.00. The molecule has 90 valence electrons. The van der Waals surface area contributed by atoms with E-state index in [1.54, 1.807) is 24.3 Å². The third kappa shape index (κ3) is 2.79. The number of methoxy groups -OCH3 is 1. The van der Waals surface area contributed by atoms with E-state index in [4.69, 9.17) is 0 Å². The lowest BCUT2D eigenvalue weighted by atomic mass is 10.2. The minimum atomic E-state index is -0.419. The van der Waals surface area contributed by atoms with Crippen LogP contribution >= 0.6 is 0 Å². The summed E-state index contributed by atoms with van der Waals surface area (Å²) in [6, 6.07) is 16.3. The van der Waals surface area contributed by atoms with Gasteiger partial charge in [-0.05, 0) is 24.3 Å². The number of benzene rings is 2. The normalized spacial score (nSPS) is 10.5. The van der Waals surface area contributed by atoms with Gasteiger partial charge in [-0.3, -0.25) is 0 Å². The highest BCUT2D eigenvalue weighted by Gasteiger charge is 2.09. The zero-order valence-electron chi connectivity index (χ0n) is 9.91. The molecule has 0 saturated heterocycles. The lowest BCUT2D eigenvalue weighted by molar-refractivity contribution is 0.0601. The van der Waals surface area contributed by atoms with E-state index in [0.717, 1.165) is 5.69 Å². The average molecular weight is 240 g/mol. The van der Waals surface area contributed by atoms with Crippen molar-refractivity contribution < 1.29 is 9.53 Å². The molecule has 2 aromatic carbocycles. The third-order valence-corrected chi connectivity index (χ3v) is 2.34. The van der Waals surface area contributed by atoms with Gasteiger partial charge in [-0.1, -0.05) is 30.3 Å². The predicted octanol–water partition coefficient (Wildman–Crippen LogP) is 3.89. The van der Waals surface area contributed by atoms with Gasteiger partial charge in [-0.2, -0.15) is 5.11 Å². The first kappa shape index (κ1) is 12.0. The van der Waals surface area contributed by atoms with Crippen molar-refractivity contribution in [3.05, 3.63) is 60.2 Å². The summed E-state index contributed by atoms with van der Waals surface area (Å²) in [5, 5.41) is 8.14. The SMILES string of the molecule is COC(=O)c1ccccc1/N=N/c1ccccc1. The van der Waals surface area contributed by atoms with Gasteiger partial charge in [-0.15, -0.1) is 5.11 Å². The van der Waals surface area contributed by atoms with E-state index in [1.807, 2.05) is 30.3 Å². The minimum absolute atomic E-state index is 0.402. The second-order valence-corrected chi connectivity index (χ2v) is 3.54. The van der Waals surface area contributed by atoms with E-state index in [2.05, 4.69) is 15.0 Å². The Morgan fingerprint density at radius 3 is 2.33 bits per heavy atom. The molecule has 0 saturated carbocycles. The van der Waals surface area contributed by atoms with Gasteiger partial charge < -0.3 is 4.74 Å². The summed E-state index contributed by atoms with van der Waals surface area (Å²) in [6.45, 7) is 0. The fourth-order valence-electron chi connectivity index (χ4n) is 1.45. The third-order valence-electron chi connectivity index (χ3n) is 2.34. The van der Waals surface area contributed by atoms with Gasteiger partial charge in [0.15, 0.2) is 0 Å². The number of carbonyl (C=O) groups excluding carboxylic acids is 1. The van der Waals surface area contributed by atoms with Crippen molar-refractivity contribution in [2.24, 2.45) is 10.2 Å². The highest BCUT2D eigenvalue weighted by atomic mass is 16.5. The maximum absolute atomic E-state index is 11.5. The molecule has 0 spiro atoms. The minimum Gasteiger partial charge on any atom is -0.465 e. The Hall–Kier alpha value is -2.49. The average Bonchev–Trinajstić information content (AvgIpc) is 2.45. The van der Waals surface area contributed by atoms with Crippen LogP contribution in [0.15, 0.2) is 64.8 Å². The molecule has 18 heavy (non-hydrogen) atoms. The molecular formula is C14H12N2O2. The van der Waals surface area contributed by atoms with Crippen LogP contribution in [0.5, 0.6) is 0 Å². The Balaban J connectivity index is 2.29. The summed E-state index contributed by atoms with van der Waals surface area (Å²) in [7, 11) is 1.34. The van der Waals surface area contributed by atoms with E-state index in [1.165, 1.54) is 7.11 Å². The topological polar surface area (TPSA) is 51.0 Å². The van der Waals surface area contributed by atoms with Crippen molar-refractivity contribution in [1.29, 1.82) is 0 Å². The van der Waals surface area contributed by atoms with Crippen LogP contribution in [0.2, 0.25) is 0 Å². The molecule has 0 radical (unpaired) electrons. The summed E-state index contributed by atoms with van der Waals surface area (Å²) in [5.41, 5.74) is 1.63. The molecule has 0 atom stereocenters. The van der Waals surface area contributed by atoms with Crippen LogP contribution in [-0.2, 0) is 4.74 Å². The molecule has 0 unspecified atom stereocenters. The number of azo groups is 1. The fraction of sp³-hybridized carbons (Fsp3) is 0.0714. The van der Waals surface area contributed by atoms with E-state index in [-0.39, 0.29) is 0 Å². The molecule has 2 rings (SSSR count). The van der Waals surface area contributed by atoms with Crippen LogP contribution in [0.25, 0.3) is 0 Å². The number of carbonyl (C=O) groups is 1. The Bertz CT molecular complexity index is 565. The number of ether oxygens (including phenoxy) is 1. The molecule has 0 bridgehead atoms. The zero-order valence-corrected chi connectivity index (χ0v) is 9.91. The van der Waals surface area contributed by atoms with Gasteiger partial charge in [-0.25, -0.2) is 4.79 Å². The fourth-order valence-corrected chi connectivity index (χ4v) is 1.45. The number of nitrogens with zero attached hydrogens (tertiary/aromatic N) is 2. The van der Waals surface area contributed by atoms with Crippen molar-refractivity contribution in [2.75, 3.05) is 7.11 Å². The monoisotopic (exact) mass is 240 g/mol. The van der Waals surface area contributed by atoms with Crippen LogP contribution in [0.3, 0.4) is 0 Å². The van der Waals surface area contributed by atoms with Crippen molar-refractivity contribution in [2.45, 2.75) is 0 Å². The van der Waals surface area contributed by atoms with E-state index < -0.39 is 5.97 Å². The number of hydrogen-bond acceptors (Lipinski definition) is 4. The smallest absolute Gasteiger partial charge is 0.340 e. The van der Waals surface area contributed by atoms with Gasteiger partial charge in [0.2, 0.25) is 0 Å². The van der Waals surface area contributed by atoms with Gasteiger partial charge in [0.25, 0.3) is 0 Å². The van der Waals surface area contributed by atoms with Gasteiger partial charge in [0.1, 0.15) is 5.69 Å². The molecule has 2 aromatic rings. The summed E-state index contributed by atoms with van der Waals surface area (Å²) in [5.74, 6) is -0.419. The lowest BCUT2D eigenvalue weighted by Gasteiger charge is -2.01. The molecule has 4 nitrogen and oxygen atoms in total. The van der Waals surface area contributed by atoms with Crippen LogP contribution < -0.4 is 0 Å². The van der Waals surface area contributed by atoms with Gasteiger partial charge in [0, 0.05) is 0 Å². The molecule has 0 aliphatic carbocycles. The molecule has 0 N–H and O–H groups in total. The molecule has 0 heterocycles. The Kier molecular flexibility index (Phi) is 3.81. The standard InChI is InChI=1S/C14H12N2O2/c1-18-14(17)12-9-5-6-10-13(12)16-15-11-7-3-2-4-8-11/h2-10H,1H3/b16-15+.